The van der Waals surface area contributed by atoms with Gasteiger partial charge in [-0.05, 0) is 45.0 Å². The molecule has 2 aliphatic rings. The molecule has 0 aliphatic carbocycles. The Morgan fingerprint density at radius 1 is 1.33 bits per heavy atom. The van der Waals surface area contributed by atoms with E-state index in [9.17, 15) is 13.2 Å². The molecular weight excluding hydrogens is 328 g/mol. The third-order valence-electron chi connectivity index (χ3n) is 5.38. The molecule has 1 aromatic rings. The molecule has 2 atom stereocenters. The summed E-state index contributed by atoms with van der Waals surface area (Å²) in [7, 11) is -1.22. The summed E-state index contributed by atoms with van der Waals surface area (Å²) in [5.41, 5.74) is 0.124. The number of anilines is 1. The molecule has 0 radical (unpaired) electrons. The molecule has 1 amide bonds. The summed E-state index contributed by atoms with van der Waals surface area (Å²) in [6, 6.07) is 3.65. The fraction of sp³-hybridized carbons (Fsp3) is 0.625. The maximum Gasteiger partial charge on any atom is 0.232 e. The van der Waals surface area contributed by atoms with Gasteiger partial charge in [0.25, 0.3) is 0 Å². The van der Waals surface area contributed by atoms with E-state index in [0.29, 0.717) is 31.6 Å². The number of pyridine rings is 1. The van der Waals surface area contributed by atoms with Crippen LogP contribution in [0.4, 0.5) is 5.69 Å². The molecule has 7 nitrogen and oxygen atoms in total. The zero-order valence-electron chi connectivity index (χ0n) is 14.1. The smallest absolute Gasteiger partial charge is 0.232 e. The third kappa shape index (κ3) is 3.18. The maximum absolute atomic E-state index is 13.1. The van der Waals surface area contributed by atoms with Gasteiger partial charge in [0, 0.05) is 25.3 Å². The highest BCUT2D eigenvalue weighted by Crippen LogP contribution is 2.44. The minimum atomic E-state index is -3.24. The predicted octanol–water partition coefficient (Wildman–Crippen LogP) is 0.766. The van der Waals surface area contributed by atoms with Crippen molar-refractivity contribution in [3.63, 3.8) is 0 Å². The number of rotatable bonds is 3. The molecule has 2 fully saturated rings. The number of nitrogens with one attached hydrogen (secondary N) is 1. The summed E-state index contributed by atoms with van der Waals surface area (Å²) < 4.78 is 25.3. The first-order chi connectivity index (χ1) is 11.3. The lowest BCUT2D eigenvalue weighted by Gasteiger charge is -2.34. The second-order valence-electron chi connectivity index (χ2n) is 6.80. The second-order valence-corrected chi connectivity index (χ2v) is 8.78. The summed E-state index contributed by atoms with van der Waals surface area (Å²) in [4.78, 5) is 19.3. The Bertz CT molecular complexity index is 709. The summed E-state index contributed by atoms with van der Waals surface area (Å²) in [5.74, 6) is -0.0276. The Morgan fingerprint density at radius 3 is 2.75 bits per heavy atom. The minimum Gasteiger partial charge on any atom is -0.324 e. The molecule has 1 N–H and O–H groups in total. The van der Waals surface area contributed by atoms with Crippen LogP contribution in [0.3, 0.4) is 0 Å². The van der Waals surface area contributed by atoms with Crippen LogP contribution in [0.1, 0.15) is 19.3 Å². The van der Waals surface area contributed by atoms with Crippen LogP contribution in [0, 0.1) is 5.41 Å². The van der Waals surface area contributed by atoms with Crippen molar-refractivity contribution in [2.45, 2.75) is 25.3 Å². The van der Waals surface area contributed by atoms with Gasteiger partial charge in [0.15, 0.2) is 0 Å². The van der Waals surface area contributed by atoms with Crippen molar-refractivity contribution >= 4 is 21.6 Å². The van der Waals surface area contributed by atoms with Crippen LogP contribution in [0.5, 0.6) is 0 Å². The first kappa shape index (κ1) is 17.3. The zero-order chi connectivity index (χ0) is 17.4. The van der Waals surface area contributed by atoms with E-state index >= 15 is 0 Å². The van der Waals surface area contributed by atoms with E-state index in [1.165, 1.54) is 10.6 Å². The average Bonchev–Trinajstić information content (AvgIpc) is 2.73. The highest BCUT2D eigenvalue weighted by Gasteiger charge is 2.52. The van der Waals surface area contributed by atoms with E-state index in [-0.39, 0.29) is 11.9 Å². The van der Waals surface area contributed by atoms with E-state index < -0.39 is 15.4 Å². The van der Waals surface area contributed by atoms with E-state index in [1.54, 1.807) is 18.5 Å². The van der Waals surface area contributed by atoms with Crippen LogP contribution in [-0.2, 0) is 14.8 Å². The monoisotopic (exact) mass is 352 g/mol. The summed E-state index contributed by atoms with van der Waals surface area (Å²) in [6.07, 6.45) is 6.49. The average molecular weight is 352 g/mol. The van der Waals surface area contributed by atoms with Crippen molar-refractivity contribution in [3.8, 4) is 0 Å². The van der Waals surface area contributed by atoms with Gasteiger partial charge < -0.3 is 10.2 Å². The van der Waals surface area contributed by atoms with E-state index in [2.05, 4.69) is 15.2 Å². The van der Waals surface area contributed by atoms with Crippen LogP contribution in [0.15, 0.2) is 24.5 Å². The summed E-state index contributed by atoms with van der Waals surface area (Å²) in [5, 5.41) is 2.98. The lowest BCUT2D eigenvalue weighted by atomic mass is 9.75. The number of aromatic nitrogens is 1. The molecule has 2 saturated heterocycles. The van der Waals surface area contributed by atoms with Crippen LogP contribution >= 0.6 is 0 Å². The lowest BCUT2D eigenvalue weighted by molar-refractivity contribution is -0.127. The topological polar surface area (TPSA) is 82.6 Å². The second kappa shape index (κ2) is 6.42. The SMILES string of the molecule is CN1CC[C@]2(C(=O)Nc3cccnc3)CCN(S(C)(=O)=O)CC[C@H]12. The molecule has 0 saturated carbocycles. The summed E-state index contributed by atoms with van der Waals surface area (Å²) >= 11 is 0. The minimum absolute atomic E-state index is 0.0276. The largest absolute Gasteiger partial charge is 0.324 e. The van der Waals surface area contributed by atoms with E-state index in [0.717, 1.165) is 13.0 Å². The molecule has 24 heavy (non-hydrogen) atoms. The first-order valence-corrected chi connectivity index (χ1v) is 10.0. The number of nitrogens with zero attached hydrogens (tertiary/aromatic N) is 3. The van der Waals surface area contributed by atoms with Crippen LogP contribution in [-0.4, -0.2) is 67.5 Å². The molecule has 0 aromatic carbocycles. The number of carbonyl (C=O) groups excluding carboxylic acids is 1. The van der Waals surface area contributed by atoms with E-state index in [4.69, 9.17) is 0 Å². The highest BCUT2D eigenvalue weighted by molar-refractivity contribution is 7.88. The standard InChI is InChI=1S/C16H24N4O3S/c1-19-10-6-16(15(21)18-13-4-3-8-17-12-13)7-11-20(24(2,22)23)9-5-14(16)19/h3-4,8,12,14H,5-7,9-11H2,1-2H3,(H,18,21)/t14-,16-/m0/s1. The van der Waals surface area contributed by atoms with E-state index in [1.807, 2.05) is 13.1 Å². The van der Waals surface area contributed by atoms with Gasteiger partial charge in [0.1, 0.15) is 0 Å². The van der Waals surface area contributed by atoms with Crippen molar-refractivity contribution in [2.75, 3.05) is 38.3 Å². The molecule has 3 rings (SSSR count). The van der Waals surface area contributed by atoms with Gasteiger partial charge in [0.05, 0.1) is 23.6 Å². The number of fused-ring (bicyclic) bond motifs is 1. The number of sulfonamides is 1. The predicted molar refractivity (Wildman–Crippen MR) is 92.0 cm³/mol. The van der Waals surface area contributed by atoms with Gasteiger partial charge in [-0.25, -0.2) is 12.7 Å². The summed E-state index contributed by atoms with van der Waals surface area (Å²) in [6.45, 7) is 1.71. The number of likely N-dealkylation sites (tertiary alicyclic amines) is 1. The first-order valence-electron chi connectivity index (χ1n) is 8.20. The Labute approximate surface area is 143 Å². The maximum atomic E-state index is 13.1. The van der Waals surface area contributed by atoms with Gasteiger partial charge in [-0.1, -0.05) is 0 Å². The van der Waals surface area contributed by atoms with Gasteiger partial charge in [-0.15, -0.1) is 0 Å². The quantitative estimate of drug-likeness (QED) is 0.869. The molecule has 1 aromatic heterocycles. The van der Waals surface area contributed by atoms with Crippen LogP contribution in [0.25, 0.3) is 0 Å². The zero-order valence-corrected chi connectivity index (χ0v) is 14.9. The normalized spacial score (nSPS) is 29.0. The molecule has 2 aliphatic heterocycles. The highest BCUT2D eigenvalue weighted by atomic mass is 32.2. The number of carbonyl (C=O) groups is 1. The third-order valence-corrected chi connectivity index (χ3v) is 6.68. The fourth-order valence-corrected chi connectivity index (χ4v) is 4.87. The number of hydrogen-bond acceptors (Lipinski definition) is 5. The molecule has 132 valence electrons. The van der Waals surface area contributed by atoms with Gasteiger partial charge in [-0.2, -0.15) is 0 Å². The number of amides is 1. The van der Waals surface area contributed by atoms with Crippen molar-refractivity contribution in [3.05, 3.63) is 24.5 Å². The molecule has 0 spiro atoms. The Morgan fingerprint density at radius 2 is 2.08 bits per heavy atom. The van der Waals surface area contributed by atoms with Crippen LogP contribution < -0.4 is 5.32 Å². The Balaban J connectivity index is 1.86. The molecule has 3 heterocycles. The van der Waals surface area contributed by atoms with Crippen molar-refractivity contribution in [1.29, 1.82) is 0 Å². The van der Waals surface area contributed by atoms with Gasteiger partial charge >= 0.3 is 0 Å². The fourth-order valence-electron chi connectivity index (χ4n) is 4.01. The molecule has 0 bridgehead atoms. The number of hydrogen-bond donors (Lipinski definition) is 1. The van der Waals surface area contributed by atoms with Crippen molar-refractivity contribution in [1.82, 2.24) is 14.2 Å². The molecule has 0 unspecified atom stereocenters. The lowest BCUT2D eigenvalue weighted by Crippen LogP contribution is -2.46. The van der Waals surface area contributed by atoms with Gasteiger partial charge in [-0.3, -0.25) is 9.78 Å². The molecule has 8 heteroatoms. The Hall–Kier alpha value is -1.51. The van der Waals surface area contributed by atoms with Crippen molar-refractivity contribution in [2.24, 2.45) is 5.41 Å². The van der Waals surface area contributed by atoms with Gasteiger partial charge in [0.2, 0.25) is 15.9 Å². The van der Waals surface area contributed by atoms with Crippen LogP contribution in [0.2, 0.25) is 0 Å². The Kier molecular flexibility index (Phi) is 4.63. The molecular formula is C16H24N4O3S. The van der Waals surface area contributed by atoms with Crippen molar-refractivity contribution < 1.29 is 13.2 Å².